The van der Waals surface area contributed by atoms with E-state index in [1.54, 1.807) is 0 Å². The summed E-state index contributed by atoms with van der Waals surface area (Å²) < 4.78 is 10.5. The smallest absolute Gasteiger partial charge is 0.330 e. The van der Waals surface area contributed by atoms with Crippen molar-refractivity contribution < 1.29 is 14.0 Å². The third kappa shape index (κ3) is 8.68. The molecule has 0 amide bonds. The van der Waals surface area contributed by atoms with E-state index in [4.69, 9.17) is 9.16 Å². The second-order valence-corrected chi connectivity index (χ2v) is 5.72. The molecule has 0 bridgehead atoms. The Bertz CT molecular complexity index is 187. The fourth-order valence-corrected chi connectivity index (χ4v) is 2.83. The van der Waals surface area contributed by atoms with Crippen molar-refractivity contribution in [2.45, 2.75) is 45.1 Å². The molecule has 0 rings (SSSR count). The first-order valence-corrected chi connectivity index (χ1v) is 7.50. The maximum absolute atomic E-state index is 10.9. The van der Waals surface area contributed by atoms with E-state index in [0.29, 0.717) is 12.1 Å². The van der Waals surface area contributed by atoms with Gasteiger partial charge in [0.2, 0.25) is 0 Å². The van der Waals surface area contributed by atoms with Gasteiger partial charge in [0, 0.05) is 12.7 Å². The number of esters is 1. The van der Waals surface area contributed by atoms with Crippen LogP contribution in [0, 0.1) is 0 Å². The summed E-state index contributed by atoms with van der Waals surface area (Å²) in [5.74, 6) is -0.327. The molecule has 0 aliphatic heterocycles. The summed E-state index contributed by atoms with van der Waals surface area (Å²) in [6, 6.07) is 0. The number of rotatable bonds is 10. The van der Waals surface area contributed by atoms with Gasteiger partial charge in [0.1, 0.15) is 0 Å². The first-order valence-electron chi connectivity index (χ1n) is 6.11. The number of unbranched alkanes of at least 4 members (excludes halogenated alkanes) is 1. The molecule has 0 saturated carbocycles. The quantitative estimate of drug-likeness (QED) is 0.336. The molecule has 0 aromatic rings. The van der Waals surface area contributed by atoms with Crippen LogP contribution in [0.2, 0.25) is 5.54 Å². The lowest BCUT2D eigenvalue weighted by molar-refractivity contribution is -0.137. The third-order valence-electron chi connectivity index (χ3n) is 2.46. The van der Waals surface area contributed by atoms with Crippen LogP contribution in [0.3, 0.4) is 0 Å². The van der Waals surface area contributed by atoms with Crippen molar-refractivity contribution in [2.75, 3.05) is 13.2 Å². The zero-order valence-corrected chi connectivity index (χ0v) is 12.0. The molecule has 0 heterocycles. The maximum atomic E-state index is 10.9. The van der Waals surface area contributed by atoms with Crippen LogP contribution >= 0.6 is 0 Å². The number of ether oxygens (including phenoxy) is 1. The van der Waals surface area contributed by atoms with E-state index in [1.807, 2.05) is 6.92 Å². The van der Waals surface area contributed by atoms with Crippen LogP contribution in [0.5, 0.6) is 0 Å². The predicted octanol–water partition coefficient (Wildman–Crippen LogP) is 2.20. The van der Waals surface area contributed by atoms with Gasteiger partial charge in [0.25, 0.3) is 0 Å². The Morgan fingerprint density at radius 1 is 1.44 bits per heavy atom. The van der Waals surface area contributed by atoms with Gasteiger partial charge < -0.3 is 9.16 Å². The van der Waals surface area contributed by atoms with Crippen LogP contribution < -0.4 is 0 Å². The molecule has 0 radical (unpaired) electrons. The minimum absolute atomic E-state index is 0.327. The summed E-state index contributed by atoms with van der Waals surface area (Å²) >= 11 is 0. The second kappa shape index (κ2) is 10.9. The molecule has 0 spiro atoms. The zero-order valence-electron chi connectivity index (χ0n) is 10.5. The van der Waals surface area contributed by atoms with Gasteiger partial charge in [-0.25, -0.2) is 4.79 Å². The Labute approximate surface area is 101 Å². The molecule has 0 aliphatic carbocycles. The normalized spacial score (nSPS) is 12.9. The van der Waals surface area contributed by atoms with E-state index in [1.165, 1.54) is 25.3 Å². The summed E-state index contributed by atoms with van der Waals surface area (Å²) in [6.07, 6.45) is 5.80. The molecular weight excluding hydrogens is 220 g/mol. The highest BCUT2D eigenvalue weighted by atomic mass is 28.2. The molecule has 4 heteroatoms. The van der Waals surface area contributed by atoms with Gasteiger partial charge in [-0.15, -0.1) is 0 Å². The van der Waals surface area contributed by atoms with Crippen molar-refractivity contribution in [2.24, 2.45) is 0 Å². The molecule has 1 atom stereocenters. The van der Waals surface area contributed by atoms with E-state index in [9.17, 15) is 4.79 Å². The molecule has 0 saturated heterocycles. The highest BCUT2D eigenvalue weighted by Gasteiger charge is 2.10. The summed E-state index contributed by atoms with van der Waals surface area (Å²) in [6.45, 7) is 8.89. The Hall–Kier alpha value is -0.613. The first kappa shape index (κ1) is 15.4. The van der Waals surface area contributed by atoms with Gasteiger partial charge in [0.15, 0.2) is 9.76 Å². The number of carbonyl (C=O) groups is 1. The van der Waals surface area contributed by atoms with Crippen molar-refractivity contribution in [3.8, 4) is 0 Å². The van der Waals surface area contributed by atoms with E-state index in [-0.39, 0.29) is 5.97 Å². The molecule has 0 aromatic carbocycles. The lowest BCUT2D eigenvalue weighted by Gasteiger charge is -2.15. The SMILES string of the molecule is C=CC(=O)OCCC(CCCC)[SiH2]OCC. The van der Waals surface area contributed by atoms with Gasteiger partial charge in [-0.2, -0.15) is 0 Å². The van der Waals surface area contributed by atoms with Crippen molar-refractivity contribution in [3.63, 3.8) is 0 Å². The minimum Gasteiger partial charge on any atom is -0.463 e. The van der Waals surface area contributed by atoms with Crippen LogP contribution in [-0.2, 0) is 14.0 Å². The van der Waals surface area contributed by atoms with E-state index in [0.717, 1.165) is 13.0 Å². The lowest BCUT2D eigenvalue weighted by Crippen LogP contribution is -2.12. The summed E-state index contributed by atoms with van der Waals surface area (Å²) in [5, 5.41) is 0. The largest absolute Gasteiger partial charge is 0.463 e. The van der Waals surface area contributed by atoms with Crippen LogP contribution in [0.25, 0.3) is 0 Å². The van der Waals surface area contributed by atoms with Gasteiger partial charge in [-0.05, 0) is 18.9 Å². The van der Waals surface area contributed by atoms with Crippen molar-refractivity contribution in [1.29, 1.82) is 0 Å². The van der Waals surface area contributed by atoms with E-state index >= 15 is 0 Å². The second-order valence-electron chi connectivity index (χ2n) is 3.83. The molecule has 1 unspecified atom stereocenters. The standard InChI is InChI=1S/C12H24O3Si/c1-4-7-8-11(16-15-6-3)9-10-14-12(13)5-2/h5,11H,2,4,6-10,16H2,1,3H3. The monoisotopic (exact) mass is 244 g/mol. The molecule has 16 heavy (non-hydrogen) atoms. The van der Waals surface area contributed by atoms with Gasteiger partial charge in [-0.1, -0.05) is 32.8 Å². The molecule has 3 nitrogen and oxygen atoms in total. The van der Waals surface area contributed by atoms with E-state index < -0.39 is 9.76 Å². The average molecular weight is 244 g/mol. The summed E-state index contributed by atoms with van der Waals surface area (Å²) in [7, 11) is -0.463. The Morgan fingerprint density at radius 2 is 2.19 bits per heavy atom. The Morgan fingerprint density at radius 3 is 2.75 bits per heavy atom. The zero-order chi connectivity index (χ0) is 12.2. The fraction of sp³-hybridized carbons (Fsp3) is 0.750. The number of carbonyl (C=O) groups excluding carboxylic acids is 1. The van der Waals surface area contributed by atoms with Crippen LogP contribution in [0.1, 0.15) is 39.5 Å². The van der Waals surface area contributed by atoms with Crippen molar-refractivity contribution in [1.82, 2.24) is 0 Å². The minimum atomic E-state index is -0.463. The van der Waals surface area contributed by atoms with Gasteiger partial charge in [-0.3, -0.25) is 0 Å². The average Bonchev–Trinajstić information content (AvgIpc) is 2.31. The Kier molecular flexibility index (Phi) is 10.5. The maximum Gasteiger partial charge on any atom is 0.330 e. The molecule has 0 aliphatic rings. The number of hydrogen-bond acceptors (Lipinski definition) is 3. The van der Waals surface area contributed by atoms with Crippen molar-refractivity contribution >= 4 is 15.7 Å². The summed E-state index contributed by atoms with van der Waals surface area (Å²) in [4.78, 5) is 10.9. The fourth-order valence-electron chi connectivity index (χ4n) is 1.47. The summed E-state index contributed by atoms with van der Waals surface area (Å²) in [5.41, 5.74) is 0.637. The molecule has 0 N–H and O–H groups in total. The van der Waals surface area contributed by atoms with Crippen LogP contribution in [-0.4, -0.2) is 28.9 Å². The highest BCUT2D eigenvalue weighted by Crippen LogP contribution is 2.18. The topological polar surface area (TPSA) is 35.5 Å². The number of hydrogen-bond donors (Lipinski definition) is 0. The third-order valence-corrected chi connectivity index (χ3v) is 4.39. The van der Waals surface area contributed by atoms with Crippen LogP contribution in [0.15, 0.2) is 12.7 Å². The van der Waals surface area contributed by atoms with Gasteiger partial charge in [0.05, 0.1) is 6.61 Å². The van der Waals surface area contributed by atoms with Crippen LogP contribution in [0.4, 0.5) is 0 Å². The molecule has 0 aromatic heterocycles. The molecular formula is C12H24O3Si. The van der Waals surface area contributed by atoms with Crippen molar-refractivity contribution in [3.05, 3.63) is 12.7 Å². The first-order chi connectivity index (χ1) is 7.74. The molecule has 0 fully saturated rings. The highest BCUT2D eigenvalue weighted by molar-refractivity contribution is 6.29. The van der Waals surface area contributed by atoms with E-state index in [2.05, 4.69) is 13.5 Å². The lowest BCUT2D eigenvalue weighted by atomic mass is 10.1. The Balaban J connectivity index is 3.71. The van der Waals surface area contributed by atoms with Gasteiger partial charge >= 0.3 is 5.97 Å². The molecule has 94 valence electrons. The predicted molar refractivity (Wildman–Crippen MR) is 69.2 cm³/mol.